The molecule has 0 spiro atoms. The van der Waals surface area contributed by atoms with Gasteiger partial charge < -0.3 is 10.6 Å². The van der Waals surface area contributed by atoms with Crippen molar-refractivity contribution in [1.29, 1.82) is 0 Å². The lowest BCUT2D eigenvalue weighted by Gasteiger charge is -2.19. The SMILES string of the molecule is CNc1ccc2c(c1)CC(=O)N2C(=O)C1CCNC1. The predicted molar refractivity (Wildman–Crippen MR) is 73.2 cm³/mol. The lowest BCUT2D eigenvalue weighted by atomic mass is 10.1. The minimum Gasteiger partial charge on any atom is -0.388 e. The summed E-state index contributed by atoms with van der Waals surface area (Å²) in [6.07, 6.45) is 1.13. The van der Waals surface area contributed by atoms with Gasteiger partial charge in [0.25, 0.3) is 0 Å². The first kappa shape index (κ1) is 12.2. The topological polar surface area (TPSA) is 61.4 Å². The zero-order chi connectivity index (χ0) is 13.4. The number of carbonyl (C=O) groups is 2. The first-order valence-corrected chi connectivity index (χ1v) is 6.59. The number of carbonyl (C=O) groups excluding carboxylic acids is 2. The number of nitrogens with one attached hydrogen (secondary N) is 2. The fraction of sp³-hybridized carbons (Fsp3) is 0.429. The Balaban J connectivity index is 1.91. The van der Waals surface area contributed by atoms with E-state index in [2.05, 4.69) is 10.6 Å². The number of imide groups is 1. The van der Waals surface area contributed by atoms with Crippen molar-refractivity contribution in [2.75, 3.05) is 30.4 Å². The number of nitrogens with zero attached hydrogens (tertiary/aromatic N) is 1. The molecule has 1 aromatic carbocycles. The van der Waals surface area contributed by atoms with E-state index in [9.17, 15) is 9.59 Å². The molecule has 2 amide bonds. The summed E-state index contributed by atoms with van der Waals surface area (Å²) in [5.74, 6) is -0.245. The minimum absolute atomic E-state index is 0.0639. The van der Waals surface area contributed by atoms with Crippen LogP contribution < -0.4 is 15.5 Å². The lowest BCUT2D eigenvalue weighted by molar-refractivity contribution is -0.127. The van der Waals surface area contributed by atoms with E-state index >= 15 is 0 Å². The van der Waals surface area contributed by atoms with Crippen LogP contribution >= 0.6 is 0 Å². The number of hydrogen-bond donors (Lipinski definition) is 2. The summed E-state index contributed by atoms with van der Waals surface area (Å²) in [6.45, 7) is 1.52. The average molecular weight is 259 g/mol. The van der Waals surface area contributed by atoms with Crippen molar-refractivity contribution in [3.8, 4) is 0 Å². The normalized spacial score (nSPS) is 21.6. The lowest BCUT2D eigenvalue weighted by Crippen LogP contribution is -2.39. The van der Waals surface area contributed by atoms with Gasteiger partial charge in [-0.15, -0.1) is 0 Å². The van der Waals surface area contributed by atoms with Gasteiger partial charge in [-0.05, 0) is 36.7 Å². The van der Waals surface area contributed by atoms with Gasteiger partial charge >= 0.3 is 0 Å². The molecule has 0 aliphatic carbocycles. The molecular formula is C14H17N3O2. The maximum Gasteiger partial charge on any atom is 0.238 e. The Labute approximate surface area is 112 Å². The zero-order valence-corrected chi connectivity index (χ0v) is 10.9. The fourth-order valence-corrected chi connectivity index (χ4v) is 2.77. The smallest absolute Gasteiger partial charge is 0.238 e. The van der Waals surface area contributed by atoms with Crippen molar-refractivity contribution in [2.24, 2.45) is 5.92 Å². The molecule has 1 atom stereocenters. The number of benzene rings is 1. The molecule has 0 radical (unpaired) electrons. The van der Waals surface area contributed by atoms with Gasteiger partial charge in [-0.25, -0.2) is 4.90 Å². The summed E-state index contributed by atoms with van der Waals surface area (Å²) >= 11 is 0. The minimum atomic E-state index is -0.111. The van der Waals surface area contributed by atoms with Crippen molar-refractivity contribution in [2.45, 2.75) is 12.8 Å². The molecule has 0 bridgehead atoms. The second kappa shape index (κ2) is 4.66. The zero-order valence-electron chi connectivity index (χ0n) is 10.9. The molecule has 2 heterocycles. The highest BCUT2D eigenvalue weighted by atomic mass is 16.2. The van der Waals surface area contributed by atoms with E-state index in [4.69, 9.17) is 0 Å². The summed E-state index contributed by atoms with van der Waals surface area (Å²) in [5.41, 5.74) is 2.64. The van der Waals surface area contributed by atoms with Gasteiger partial charge in [0, 0.05) is 19.3 Å². The highest BCUT2D eigenvalue weighted by Crippen LogP contribution is 2.32. The van der Waals surface area contributed by atoms with Gasteiger partial charge in [-0.1, -0.05) is 0 Å². The largest absolute Gasteiger partial charge is 0.388 e. The Kier molecular flexibility index (Phi) is 2.98. The summed E-state index contributed by atoms with van der Waals surface area (Å²) in [4.78, 5) is 25.9. The Morgan fingerprint density at radius 1 is 1.47 bits per heavy atom. The van der Waals surface area contributed by atoms with Crippen LogP contribution in [0.25, 0.3) is 0 Å². The standard InChI is InChI=1S/C14H17N3O2/c1-15-11-2-3-12-10(6-11)7-13(18)17(12)14(19)9-4-5-16-8-9/h2-3,6,9,15-16H,4-5,7-8H2,1H3. The van der Waals surface area contributed by atoms with Crippen molar-refractivity contribution in [1.82, 2.24) is 5.32 Å². The van der Waals surface area contributed by atoms with Crippen LogP contribution in [0, 0.1) is 5.92 Å². The van der Waals surface area contributed by atoms with Crippen LogP contribution in [0.1, 0.15) is 12.0 Å². The van der Waals surface area contributed by atoms with Gasteiger partial charge in [-0.3, -0.25) is 9.59 Å². The molecule has 2 aliphatic heterocycles. The van der Waals surface area contributed by atoms with Crippen molar-refractivity contribution in [3.63, 3.8) is 0 Å². The molecule has 2 aliphatic rings. The molecule has 1 fully saturated rings. The van der Waals surface area contributed by atoms with E-state index in [0.717, 1.165) is 29.9 Å². The predicted octanol–water partition coefficient (Wildman–Crippen LogP) is 0.753. The summed E-state index contributed by atoms with van der Waals surface area (Å²) in [5, 5.41) is 6.21. The number of amides is 2. The third kappa shape index (κ3) is 2.00. The second-order valence-electron chi connectivity index (χ2n) is 5.03. The number of rotatable bonds is 2. The van der Waals surface area contributed by atoms with Gasteiger partial charge in [0.2, 0.25) is 11.8 Å². The molecule has 100 valence electrons. The highest BCUT2D eigenvalue weighted by molar-refractivity contribution is 6.20. The Morgan fingerprint density at radius 2 is 2.32 bits per heavy atom. The third-order valence-corrected chi connectivity index (χ3v) is 3.83. The van der Waals surface area contributed by atoms with E-state index in [1.807, 2.05) is 25.2 Å². The number of anilines is 2. The highest BCUT2D eigenvalue weighted by Gasteiger charge is 2.36. The van der Waals surface area contributed by atoms with Crippen LogP contribution in [0.5, 0.6) is 0 Å². The van der Waals surface area contributed by atoms with Crippen LogP contribution in [0.3, 0.4) is 0 Å². The van der Waals surface area contributed by atoms with Gasteiger partial charge in [0.15, 0.2) is 0 Å². The van der Waals surface area contributed by atoms with Gasteiger partial charge in [-0.2, -0.15) is 0 Å². The quantitative estimate of drug-likeness (QED) is 0.770. The van der Waals surface area contributed by atoms with E-state index in [0.29, 0.717) is 13.0 Å². The van der Waals surface area contributed by atoms with E-state index in [1.54, 1.807) is 0 Å². The first-order valence-electron chi connectivity index (χ1n) is 6.59. The fourth-order valence-electron chi connectivity index (χ4n) is 2.77. The molecule has 19 heavy (non-hydrogen) atoms. The number of fused-ring (bicyclic) bond motifs is 1. The molecule has 1 saturated heterocycles. The molecule has 1 aromatic rings. The Morgan fingerprint density at radius 3 is 3.00 bits per heavy atom. The van der Waals surface area contributed by atoms with Crippen molar-refractivity contribution >= 4 is 23.2 Å². The Hall–Kier alpha value is -1.88. The first-order chi connectivity index (χ1) is 9.20. The summed E-state index contributed by atoms with van der Waals surface area (Å²) < 4.78 is 0. The summed E-state index contributed by atoms with van der Waals surface area (Å²) in [6, 6.07) is 5.68. The van der Waals surface area contributed by atoms with Crippen molar-refractivity contribution < 1.29 is 9.59 Å². The van der Waals surface area contributed by atoms with E-state index < -0.39 is 0 Å². The van der Waals surface area contributed by atoms with E-state index in [1.165, 1.54) is 4.90 Å². The monoisotopic (exact) mass is 259 g/mol. The molecular weight excluding hydrogens is 242 g/mol. The van der Waals surface area contributed by atoms with Crippen LogP contribution in [0.15, 0.2) is 18.2 Å². The van der Waals surface area contributed by atoms with Crippen LogP contribution in [0.2, 0.25) is 0 Å². The van der Waals surface area contributed by atoms with Crippen LogP contribution in [-0.2, 0) is 16.0 Å². The molecule has 0 saturated carbocycles. The molecule has 2 N–H and O–H groups in total. The van der Waals surface area contributed by atoms with Crippen molar-refractivity contribution in [3.05, 3.63) is 23.8 Å². The Bertz CT molecular complexity index is 535. The van der Waals surface area contributed by atoms with E-state index in [-0.39, 0.29) is 17.7 Å². The average Bonchev–Trinajstić information content (AvgIpc) is 3.03. The van der Waals surface area contributed by atoms with Crippen LogP contribution in [-0.4, -0.2) is 32.0 Å². The maximum absolute atomic E-state index is 12.4. The van der Waals surface area contributed by atoms with Gasteiger partial charge in [0.1, 0.15) is 0 Å². The molecule has 1 unspecified atom stereocenters. The molecule has 5 heteroatoms. The maximum atomic E-state index is 12.4. The van der Waals surface area contributed by atoms with Crippen LogP contribution in [0.4, 0.5) is 11.4 Å². The number of hydrogen-bond acceptors (Lipinski definition) is 4. The van der Waals surface area contributed by atoms with Gasteiger partial charge in [0.05, 0.1) is 18.0 Å². The molecule has 0 aromatic heterocycles. The molecule has 3 rings (SSSR count). The molecule has 5 nitrogen and oxygen atoms in total. The summed E-state index contributed by atoms with van der Waals surface area (Å²) in [7, 11) is 1.84. The second-order valence-corrected chi connectivity index (χ2v) is 5.03. The third-order valence-electron chi connectivity index (χ3n) is 3.83.